The Morgan fingerprint density at radius 3 is 1.84 bits per heavy atom. The number of nitrogens with zero attached hydrogens (tertiary/aromatic N) is 4. The van der Waals surface area contributed by atoms with E-state index in [0.717, 1.165) is 0 Å². The van der Waals surface area contributed by atoms with Crippen molar-refractivity contribution in [3.05, 3.63) is 53.1 Å². The fourth-order valence-corrected chi connectivity index (χ4v) is 4.33. The third kappa shape index (κ3) is 16.4. The van der Waals surface area contributed by atoms with Crippen molar-refractivity contribution in [1.82, 2.24) is 19.8 Å². The van der Waals surface area contributed by atoms with E-state index in [9.17, 15) is 19.2 Å². The van der Waals surface area contributed by atoms with E-state index in [2.05, 4.69) is 15.9 Å². The molecule has 2 aromatic heterocycles. The van der Waals surface area contributed by atoms with Crippen LogP contribution in [0.4, 0.5) is 0 Å². The van der Waals surface area contributed by atoms with Gasteiger partial charge in [-0.3, -0.25) is 19.4 Å². The van der Waals surface area contributed by atoms with Crippen LogP contribution in [0.5, 0.6) is 5.75 Å². The SMILES string of the molecule is C#CCOc1cc(CN(CCOCCN(CC(=O)OC(C)(C)C)CC(=O)OC(C)(C)C)Cc2cccc(C(=O)OC)n2)nc(C(=O)OC)c1. The van der Waals surface area contributed by atoms with E-state index in [-0.39, 0.29) is 63.9 Å². The van der Waals surface area contributed by atoms with Gasteiger partial charge in [-0.1, -0.05) is 12.0 Å². The number of aromatic nitrogens is 2. The van der Waals surface area contributed by atoms with Gasteiger partial charge in [-0.15, -0.1) is 6.42 Å². The fraction of sp³-hybridized carbons (Fsp3) is 0.543. The lowest BCUT2D eigenvalue weighted by molar-refractivity contribution is -0.160. The van der Waals surface area contributed by atoms with Gasteiger partial charge in [0, 0.05) is 38.3 Å². The van der Waals surface area contributed by atoms with Gasteiger partial charge in [0.2, 0.25) is 0 Å². The maximum atomic E-state index is 12.6. The van der Waals surface area contributed by atoms with E-state index < -0.39 is 35.1 Å². The highest BCUT2D eigenvalue weighted by atomic mass is 16.6. The Kier molecular flexibility index (Phi) is 16.1. The van der Waals surface area contributed by atoms with Gasteiger partial charge in [-0.05, 0) is 53.7 Å². The van der Waals surface area contributed by atoms with Crippen LogP contribution in [0.2, 0.25) is 0 Å². The molecule has 0 aliphatic rings. The van der Waals surface area contributed by atoms with E-state index in [4.69, 9.17) is 34.8 Å². The van der Waals surface area contributed by atoms with Crippen molar-refractivity contribution in [3.63, 3.8) is 0 Å². The molecule has 0 aromatic carbocycles. The number of rotatable bonds is 18. The van der Waals surface area contributed by atoms with Gasteiger partial charge < -0.3 is 28.4 Å². The van der Waals surface area contributed by atoms with Crippen LogP contribution in [0.1, 0.15) is 73.9 Å². The molecule has 0 unspecified atom stereocenters. The Balaban J connectivity index is 2.20. The molecule has 0 radical (unpaired) electrons. The van der Waals surface area contributed by atoms with E-state index in [1.54, 1.807) is 70.7 Å². The summed E-state index contributed by atoms with van der Waals surface area (Å²) in [4.78, 5) is 62.0. The average Bonchev–Trinajstić information content (AvgIpc) is 3.00. The molecular weight excluding hydrogens is 636 g/mol. The summed E-state index contributed by atoms with van der Waals surface area (Å²) in [6.45, 7) is 11.9. The summed E-state index contributed by atoms with van der Waals surface area (Å²) >= 11 is 0. The highest BCUT2D eigenvalue weighted by Gasteiger charge is 2.24. The summed E-state index contributed by atoms with van der Waals surface area (Å²) in [6, 6.07) is 8.14. The topological polar surface area (TPSA) is 156 Å². The number of pyridine rings is 2. The Morgan fingerprint density at radius 2 is 1.29 bits per heavy atom. The maximum absolute atomic E-state index is 12.6. The average molecular weight is 685 g/mol. The molecule has 0 saturated heterocycles. The number of carbonyl (C=O) groups is 4. The molecule has 2 aromatic rings. The van der Waals surface area contributed by atoms with Crippen LogP contribution in [0.3, 0.4) is 0 Å². The zero-order valence-electron chi connectivity index (χ0n) is 29.7. The minimum Gasteiger partial charge on any atom is -0.481 e. The van der Waals surface area contributed by atoms with Crippen molar-refractivity contribution >= 4 is 23.9 Å². The smallest absolute Gasteiger partial charge is 0.356 e. The molecule has 0 amide bonds. The third-order valence-corrected chi connectivity index (χ3v) is 6.19. The van der Waals surface area contributed by atoms with Gasteiger partial charge in [-0.25, -0.2) is 19.6 Å². The molecular formula is C35H48N4O10. The van der Waals surface area contributed by atoms with Gasteiger partial charge in [0.25, 0.3) is 0 Å². The first-order valence-corrected chi connectivity index (χ1v) is 15.7. The molecule has 2 heterocycles. The van der Waals surface area contributed by atoms with Crippen LogP contribution in [0.25, 0.3) is 0 Å². The van der Waals surface area contributed by atoms with Crippen molar-refractivity contribution in [2.24, 2.45) is 0 Å². The lowest BCUT2D eigenvalue weighted by Crippen LogP contribution is -2.41. The first kappa shape index (κ1) is 40.6. The molecule has 0 aliphatic heterocycles. The zero-order chi connectivity index (χ0) is 36.6. The quantitative estimate of drug-likeness (QED) is 0.0977. The van der Waals surface area contributed by atoms with Gasteiger partial charge in [0.05, 0.1) is 51.9 Å². The standard InChI is InChI=1S/C35H48N4O10/c1-10-16-47-27-19-26(37-29(20-27)33(43)45-9)22-38(21-25-12-11-13-28(36-25)32(42)44-8)14-17-46-18-15-39(23-30(40)48-34(2,3)4)24-31(41)49-35(5,6)7/h1,11-13,19-20H,14-18,21-24H2,2-9H3. The molecule has 0 spiro atoms. The van der Waals surface area contributed by atoms with Gasteiger partial charge in [0.15, 0.2) is 5.69 Å². The molecule has 0 fully saturated rings. The van der Waals surface area contributed by atoms with E-state index in [0.29, 0.717) is 23.7 Å². The number of ether oxygens (including phenoxy) is 6. The number of esters is 4. The minimum atomic E-state index is -0.681. The summed E-state index contributed by atoms with van der Waals surface area (Å²) in [5, 5.41) is 0. The van der Waals surface area contributed by atoms with Crippen LogP contribution in [-0.2, 0) is 46.4 Å². The lowest BCUT2D eigenvalue weighted by atomic mass is 10.2. The Bertz CT molecular complexity index is 1430. The number of terminal acetylenes is 1. The van der Waals surface area contributed by atoms with Crippen LogP contribution in [0.15, 0.2) is 30.3 Å². The number of methoxy groups -OCH3 is 2. The Morgan fingerprint density at radius 1 is 0.755 bits per heavy atom. The van der Waals surface area contributed by atoms with Crippen molar-refractivity contribution in [2.75, 3.05) is 60.2 Å². The van der Waals surface area contributed by atoms with E-state index >= 15 is 0 Å². The Hall–Kier alpha value is -4.58. The first-order chi connectivity index (χ1) is 23.0. The second kappa shape index (κ2) is 19.4. The monoisotopic (exact) mass is 684 g/mol. The molecule has 2 rings (SSSR count). The summed E-state index contributed by atoms with van der Waals surface area (Å²) in [5.74, 6) is 0.579. The summed E-state index contributed by atoms with van der Waals surface area (Å²) in [6.07, 6.45) is 5.35. The maximum Gasteiger partial charge on any atom is 0.356 e. The van der Waals surface area contributed by atoms with Crippen LogP contribution < -0.4 is 4.74 Å². The normalized spacial score (nSPS) is 11.5. The molecule has 14 nitrogen and oxygen atoms in total. The van der Waals surface area contributed by atoms with Crippen molar-refractivity contribution in [2.45, 2.75) is 65.8 Å². The molecule has 0 N–H and O–H groups in total. The largest absolute Gasteiger partial charge is 0.481 e. The van der Waals surface area contributed by atoms with Gasteiger partial charge >= 0.3 is 23.9 Å². The van der Waals surface area contributed by atoms with Crippen molar-refractivity contribution in [1.29, 1.82) is 0 Å². The van der Waals surface area contributed by atoms with Crippen LogP contribution in [0, 0.1) is 12.3 Å². The van der Waals surface area contributed by atoms with Crippen LogP contribution >= 0.6 is 0 Å². The van der Waals surface area contributed by atoms with E-state index in [1.165, 1.54) is 20.3 Å². The second-order valence-corrected chi connectivity index (χ2v) is 12.9. The number of carbonyl (C=O) groups excluding carboxylic acids is 4. The van der Waals surface area contributed by atoms with Crippen molar-refractivity contribution in [3.8, 4) is 18.1 Å². The first-order valence-electron chi connectivity index (χ1n) is 15.7. The molecule has 0 saturated carbocycles. The fourth-order valence-electron chi connectivity index (χ4n) is 4.33. The third-order valence-electron chi connectivity index (χ3n) is 6.19. The highest BCUT2D eigenvalue weighted by Crippen LogP contribution is 2.18. The van der Waals surface area contributed by atoms with E-state index in [1.807, 2.05) is 4.90 Å². The number of hydrogen-bond acceptors (Lipinski definition) is 14. The molecule has 49 heavy (non-hydrogen) atoms. The van der Waals surface area contributed by atoms with Crippen molar-refractivity contribution < 1.29 is 47.6 Å². The molecule has 0 aliphatic carbocycles. The Labute approximate surface area is 288 Å². The zero-order valence-corrected chi connectivity index (χ0v) is 29.7. The summed E-state index contributed by atoms with van der Waals surface area (Å²) in [5.41, 5.74) is -0.0960. The predicted molar refractivity (Wildman–Crippen MR) is 179 cm³/mol. The van der Waals surface area contributed by atoms with Gasteiger partial charge in [0.1, 0.15) is 29.3 Å². The van der Waals surface area contributed by atoms with Crippen LogP contribution in [-0.4, -0.2) is 115 Å². The lowest BCUT2D eigenvalue weighted by Gasteiger charge is -2.26. The number of hydrogen-bond donors (Lipinski definition) is 0. The molecule has 0 bridgehead atoms. The summed E-state index contributed by atoms with van der Waals surface area (Å²) in [7, 11) is 2.53. The highest BCUT2D eigenvalue weighted by molar-refractivity contribution is 5.87. The molecule has 0 atom stereocenters. The summed E-state index contributed by atoms with van der Waals surface area (Å²) < 4.78 is 32.1. The van der Waals surface area contributed by atoms with Gasteiger partial charge in [-0.2, -0.15) is 0 Å². The predicted octanol–water partition coefficient (Wildman–Crippen LogP) is 3.07. The molecule has 14 heteroatoms. The minimum absolute atomic E-state index is 0.00919. The molecule has 268 valence electrons. The second-order valence-electron chi connectivity index (χ2n) is 12.9.